The van der Waals surface area contributed by atoms with Crippen molar-refractivity contribution in [2.45, 2.75) is 25.5 Å². The highest BCUT2D eigenvalue weighted by atomic mass is 16.6. The van der Waals surface area contributed by atoms with Gasteiger partial charge >= 0.3 is 5.97 Å². The van der Waals surface area contributed by atoms with Crippen molar-refractivity contribution >= 4 is 17.9 Å². The number of rotatable bonds is 9. The Bertz CT molecular complexity index is 971. The predicted octanol–water partition coefficient (Wildman–Crippen LogP) is 1.96. The molecular formula is C24H30N6O3. The number of aliphatic carboxylic acids is 1. The number of carbonyl (C=O) groups is 1. The third kappa shape index (κ3) is 6.59. The van der Waals surface area contributed by atoms with E-state index in [4.69, 9.17) is 9.94 Å². The number of hydrogen-bond acceptors (Lipinski definition) is 8. The molecule has 2 aromatic rings. The molecule has 0 amide bonds. The van der Waals surface area contributed by atoms with Crippen LogP contribution < -0.4 is 5.43 Å². The number of hydrogen-bond donors (Lipinski definition) is 2. The lowest BCUT2D eigenvalue weighted by atomic mass is 10.0. The minimum Gasteiger partial charge on any atom is -0.480 e. The standard InChI is InChI=1S/C24H30N6O3/c1-18(22-4-2-3-9-25-22)27-26-15-19-5-7-20(8-6-19)23-14-21(33-28-23)16-29-10-12-30(13-11-29)17-24(31)32/h2-9,15,18,21,27H,10-14,16-17H2,1H3,(H,31,32)/b26-15+. The van der Waals surface area contributed by atoms with Gasteiger partial charge < -0.3 is 15.4 Å². The molecule has 0 aliphatic carbocycles. The first-order valence-corrected chi connectivity index (χ1v) is 11.3. The summed E-state index contributed by atoms with van der Waals surface area (Å²) in [7, 11) is 0. The normalized spacial score (nSPS) is 20.4. The summed E-state index contributed by atoms with van der Waals surface area (Å²) in [4.78, 5) is 25.1. The first-order valence-electron chi connectivity index (χ1n) is 11.3. The number of benzene rings is 1. The molecule has 2 atom stereocenters. The number of oxime groups is 1. The van der Waals surface area contributed by atoms with E-state index in [-0.39, 0.29) is 18.7 Å². The summed E-state index contributed by atoms with van der Waals surface area (Å²) in [6.45, 7) is 6.18. The fourth-order valence-electron chi connectivity index (χ4n) is 3.99. The van der Waals surface area contributed by atoms with Gasteiger partial charge in [0.15, 0.2) is 0 Å². The van der Waals surface area contributed by atoms with Gasteiger partial charge in [-0.05, 0) is 30.2 Å². The van der Waals surface area contributed by atoms with Crippen molar-refractivity contribution in [3.05, 3.63) is 65.5 Å². The van der Waals surface area contributed by atoms with Gasteiger partial charge in [-0.3, -0.25) is 19.6 Å². The molecule has 1 saturated heterocycles. The Morgan fingerprint density at radius 3 is 2.67 bits per heavy atom. The number of carboxylic acids is 1. The summed E-state index contributed by atoms with van der Waals surface area (Å²) in [6.07, 6.45) is 4.37. The lowest BCUT2D eigenvalue weighted by molar-refractivity contribution is -0.138. The van der Waals surface area contributed by atoms with E-state index in [0.29, 0.717) is 0 Å². The van der Waals surface area contributed by atoms with Crippen LogP contribution in [0.2, 0.25) is 0 Å². The number of piperazine rings is 1. The Balaban J connectivity index is 1.21. The van der Waals surface area contributed by atoms with Crippen LogP contribution in [0.1, 0.15) is 36.2 Å². The van der Waals surface area contributed by atoms with E-state index in [1.54, 1.807) is 12.4 Å². The molecule has 0 bridgehead atoms. The Morgan fingerprint density at radius 2 is 1.97 bits per heavy atom. The van der Waals surface area contributed by atoms with E-state index in [9.17, 15) is 4.79 Å². The first kappa shape index (κ1) is 22.9. The quantitative estimate of drug-likeness (QED) is 0.445. The van der Waals surface area contributed by atoms with E-state index in [1.165, 1.54) is 0 Å². The lowest BCUT2D eigenvalue weighted by Crippen LogP contribution is -2.49. The van der Waals surface area contributed by atoms with Crippen molar-refractivity contribution in [3.8, 4) is 0 Å². The third-order valence-corrected chi connectivity index (χ3v) is 5.88. The molecular weight excluding hydrogens is 420 g/mol. The van der Waals surface area contributed by atoms with Crippen molar-refractivity contribution in [1.29, 1.82) is 0 Å². The van der Waals surface area contributed by atoms with Crippen LogP contribution in [-0.2, 0) is 9.63 Å². The monoisotopic (exact) mass is 450 g/mol. The lowest BCUT2D eigenvalue weighted by Gasteiger charge is -2.34. The van der Waals surface area contributed by atoms with Crippen LogP contribution in [0.25, 0.3) is 0 Å². The maximum atomic E-state index is 10.8. The van der Waals surface area contributed by atoms with Crippen molar-refractivity contribution in [2.75, 3.05) is 39.3 Å². The zero-order chi connectivity index (χ0) is 23.0. The fraction of sp³-hybridized carbons (Fsp3) is 0.417. The van der Waals surface area contributed by atoms with Gasteiger partial charge in [-0.15, -0.1) is 0 Å². The number of hydrazone groups is 1. The van der Waals surface area contributed by atoms with E-state index in [1.807, 2.05) is 54.3 Å². The molecule has 0 radical (unpaired) electrons. The summed E-state index contributed by atoms with van der Waals surface area (Å²) in [6, 6.07) is 14.0. The number of carboxylic acid groups (broad SMARTS) is 1. The third-order valence-electron chi connectivity index (χ3n) is 5.88. The smallest absolute Gasteiger partial charge is 0.317 e. The van der Waals surface area contributed by atoms with Gasteiger partial charge in [-0.1, -0.05) is 35.5 Å². The molecule has 33 heavy (non-hydrogen) atoms. The van der Waals surface area contributed by atoms with Crippen LogP contribution in [-0.4, -0.2) is 83.2 Å². The van der Waals surface area contributed by atoms with E-state index >= 15 is 0 Å². The molecule has 2 aliphatic rings. The minimum absolute atomic E-state index is 0.0313. The summed E-state index contributed by atoms with van der Waals surface area (Å²) in [5.74, 6) is -0.770. The second-order valence-electron chi connectivity index (χ2n) is 8.43. The molecule has 2 unspecified atom stereocenters. The summed E-state index contributed by atoms with van der Waals surface area (Å²) >= 11 is 0. The average molecular weight is 451 g/mol. The van der Waals surface area contributed by atoms with Crippen molar-refractivity contribution in [3.63, 3.8) is 0 Å². The molecule has 9 heteroatoms. The van der Waals surface area contributed by atoms with E-state index in [0.717, 1.165) is 61.7 Å². The highest BCUT2D eigenvalue weighted by molar-refractivity contribution is 6.01. The molecule has 1 aromatic heterocycles. The maximum absolute atomic E-state index is 10.8. The zero-order valence-corrected chi connectivity index (χ0v) is 18.8. The molecule has 9 nitrogen and oxygen atoms in total. The van der Waals surface area contributed by atoms with Gasteiger partial charge in [0.05, 0.1) is 30.2 Å². The molecule has 0 spiro atoms. The van der Waals surface area contributed by atoms with Crippen LogP contribution >= 0.6 is 0 Å². The maximum Gasteiger partial charge on any atom is 0.317 e. The van der Waals surface area contributed by atoms with Gasteiger partial charge in [0.1, 0.15) is 6.10 Å². The number of nitrogens with zero attached hydrogens (tertiary/aromatic N) is 5. The number of pyridine rings is 1. The van der Waals surface area contributed by atoms with Crippen molar-refractivity contribution in [1.82, 2.24) is 20.2 Å². The largest absolute Gasteiger partial charge is 0.480 e. The highest BCUT2D eigenvalue weighted by Crippen LogP contribution is 2.19. The first-order chi connectivity index (χ1) is 16.1. The molecule has 1 fully saturated rings. The Morgan fingerprint density at radius 1 is 1.21 bits per heavy atom. The summed E-state index contributed by atoms with van der Waals surface area (Å²) in [5.41, 5.74) is 7.05. The molecule has 1 aromatic carbocycles. The summed E-state index contributed by atoms with van der Waals surface area (Å²) in [5, 5.41) is 17.6. The van der Waals surface area contributed by atoms with Crippen LogP contribution in [0, 0.1) is 0 Å². The molecule has 2 aliphatic heterocycles. The highest BCUT2D eigenvalue weighted by Gasteiger charge is 2.26. The molecule has 4 rings (SSSR count). The molecule has 174 valence electrons. The summed E-state index contributed by atoms with van der Waals surface area (Å²) < 4.78 is 0. The fourth-order valence-corrected chi connectivity index (χ4v) is 3.99. The Hall–Kier alpha value is -3.30. The Kier molecular flexibility index (Phi) is 7.64. The van der Waals surface area contributed by atoms with Crippen LogP contribution in [0.4, 0.5) is 0 Å². The number of nitrogens with one attached hydrogen (secondary N) is 1. The minimum atomic E-state index is -0.770. The van der Waals surface area contributed by atoms with Gasteiger partial charge in [-0.25, -0.2) is 0 Å². The Labute approximate surface area is 193 Å². The van der Waals surface area contributed by atoms with Crippen LogP contribution in [0.3, 0.4) is 0 Å². The topological polar surface area (TPSA) is 103 Å². The van der Waals surface area contributed by atoms with Crippen molar-refractivity contribution in [2.24, 2.45) is 10.3 Å². The average Bonchev–Trinajstić information content (AvgIpc) is 3.29. The molecule has 2 N–H and O–H groups in total. The van der Waals surface area contributed by atoms with Crippen molar-refractivity contribution < 1.29 is 14.7 Å². The van der Waals surface area contributed by atoms with Crippen LogP contribution in [0.15, 0.2) is 58.9 Å². The molecule has 0 saturated carbocycles. The second kappa shape index (κ2) is 11.0. The molecule has 3 heterocycles. The van der Waals surface area contributed by atoms with Gasteiger partial charge in [0, 0.05) is 45.3 Å². The zero-order valence-electron chi connectivity index (χ0n) is 18.8. The number of aromatic nitrogens is 1. The van der Waals surface area contributed by atoms with Gasteiger partial charge in [0.25, 0.3) is 0 Å². The van der Waals surface area contributed by atoms with E-state index in [2.05, 4.69) is 25.6 Å². The van der Waals surface area contributed by atoms with Gasteiger partial charge in [-0.2, -0.15) is 5.10 Å². The van der Waals surface area contributed by atoms with Crippen LogP contribution in [0.5, 0.6) is 0 Å². The SMILES string of the molecule is CC(N/N=C/c1ccc(C2=NOC(CN3CCN(CC(=O)O)CC3)C2)cc1)c1ccccn1. The predicted molar refractivity (Wildman–Crippen MR) is 126 cm³/mol. The van der Waals surface area contributed by atoms with Gasteiger partial charge in [0.2, 0.25) is 0 Å². The second-order valence-corrected chi connectivity index (χ2v) is 8.43. The van der Waals surface area contributed by atoms with E-state index < -0.39 is 5.97 Å².